The van der Waals surface area contributed by atoms with Crippen molar-refractivity contribution in [2.24, 2.45) is 7.05 Å². The molecule has 1 atom stereocenters. The summed E-state index contributed by atoms with van der Waals surface area (Å²) in [5, 5.41) is 7.93. The molecule has 0 saturated heterocycles. The molecule has 0 fully saturated rings. The number of hydrogen-bond donors (Lipinski definition) is 1. The summed E-state index contributed by atoms with van der Waals surface area (Å²) in [5.41, 5.74) is 1.27. The van der Waals surface area contributed by atoms with Gasteiger partial charge in [0.05, 0.1) is 29.2 Å². The Kier molecular flexibility index (Phi) is 4.50. The van der Waals surface area contributed by atoms with Crippen LogP contribution in [0.2, 0.25) is 5.02 Å². The lowest BCUT2D eigenvalue weighted by Crippen LogP contribution is -2.26. The lowest BCUT2D eigenvalue weighted by molar-refractivity contribution is 0.518. The van der Waals surface area contributed by atoms with Crippen LogP contribution >= 0.6 is 11.6 Å². The average Bonchev–Trinajstić information content (AvgIpc) is 2.73. The molecule has 2 heterocycles. The molecule has 1 N–H and O–H groups in total. The van der Waals surface area contributed by atoms with E-state index in [1.165, 1.54) is 6.20 Å². The summed E-state index contributed by atoms with van der Waals surface area (Å²) in [6, 6.07) is 1.33. The first-order valence-electron chi connectivity index (χ1n) is 6.15. The molecule has 0 radical (unpaired) electrons. The van der Waals surface area contributed by atoms with Crippen LogP contribution in [-0.2, 0) is 7.05 Å². The van der Waals surface area contributed by atoms with Crippen LogP contribution in [0.3, 0.4) is 0 Å². The first-order chi connectivity index (χ1) is 9.15. The number of halogens is 2. The van der Waals surface area contributed by atoms with E-state index in [2.05, 4.69) is 22.3 Å². The van der Waals surface area contributed by atoms with Crippen molar-refractivity contribution in [1.29, 1.82) is 0 Å². The fourth-order valence-corrected chi connectivity index (χ4v) is 2.28. The van der Waals surface area contributed by atoms with Gasteiger partial charge in [-0.3, -0.25) is 9.67 Å². The molecule has 4 nitrogen and oxygen atoms in total. The van der Waals surface area contributed by atoms with Crippen LogP contribution in [0.25, 0.3) is 0 Å². The van der Waals surface area contributed by atoms with Crippen LogP contribution < -0.4 is 5.32 Å². The second-order valence-corrected chi connectivity index (χ2v) is 4.69. The van der Waals surface area contributed by atoms with E-state index in [0.717, 1.165) is 18.7 Å². The normalized spacial score (nSPS) is 12.6. The Bertz CT molecular complexity index is 536. The summed E-state index contributed by atoms with van der Waals surface area (Å²) in [5.74, 6) is -0.353. The second kappa shape index (κ2) is 6.12. The Hall–Kier alpha value is -1.46. The van der Waals surface area contributed by atoms with Gasteiger partial charge in [0.25, 0.3) is 0 Å². The van der Waals surface area contributed by atoms with Crippen molar-refractivity contribution in [1.82, 2.24) is 20.1 Å². The van der Waals surface area contributed by atoms with Gasteiger partial charge in [0.2, 0.25) is 0 Å². The molecule has 1 unspecified atom stereocenters. The quantitative estimate of drug-likeness (QED) is 0.917. The van der Waals surface area contributed by atoms with Gasteiger partial charge in [0, 0.05) is 18.8 Å². The Balaban J connectivity index is 2.45. The topological polar surface area (TPSA) is 42.7 Å². The van der Waals surface area contributed by atoms with Gasteiger partial charge in [0.15, 0.2) is 0 Å². The van der Waals surface area contributed by atoms with Gasteiger partial charge in [-0.1, -0.05) is 18.5 Å². The highest BCUT2D eigenvalue weighted by Crippen LogP contribution is 2.28. The van der Waals surface area contributed by atoms with Crippen molar-refractivity contribution in [2.75, 3.05) is 6.54 Å². The summed E-state index contributed by atoms with van der Waals surface area (Å²) < 4.78 is 15.6. The minimum atomic E-state index is -0.353. The summed E-state index contributed by atoms with van der Waals surface area (Å²) in [6.45, 7) is 2.81. The zero-order valence-electron chi connectivity index (χ0n) is 10.9. The molecule has 2 rings (SSSR count). The first kappa shape index (κ1) is 14.0. The monoisotopic (exact) mass is 282 g/mol. The fourth-order valence-electron chi connectivity index (χ4n) is 2.01. The molecule has 0 bridgehead atoms. The third kappa shape index (κ3) is 2.93. The van der Waals surface area contributed by atoms with E-state index >= 15 is 0 Å². The maximum Gasteiger partial charge on any atom is 0.146 e. The molecule has 0 spiro atoms. The summed E-state index contributed by atoms with van der Waals surface area (Å²) >= 11 is 6.16. The molecule has 0 aromatic carbocycles. The van der Waals surface area contributed by atoms with Gasteiger partial charge < -0.3 is 5.32 Å². The number of aryl methyl sites for hydroxylation is 1. The standard InChI is InChI=1S/C13H16ClFN4/c1-3-5-17-12(9-4-6-16-8-11(9)15)13-10(14)7-18-19(13)2/h4,6-8,12,17H,3,5H2,1-2H3. The Labute approximate surface area is 116 Å². The van der Waals surface area contributed by atoms with Crippen molar-refractivity contribution >= 4 is 11.6 Å². The first-order valence-corrected chi connectivity index (χ1v) is 6.53. The summed E-state index contributed by atoms with van der Waals surface area (Å²) in [4.78, 5) is 3.78. The molecule has 6 heteroatoms. The minimum absolute atomic E-state index is 0.331. The van der Waals surface area contributed by atoms with Gasteiger partial charge in [-0.15, -0.1) is 0 Å². The summed E-state index contributed by atoms with van der Waals surface area (Å²) in [7, 11) is 1.79. The molecule has 0 aliphatic heterocycles. The van der Waals surface area contributed by atoms with Crippen LogP contribution in [0.15, 0.2) is 24.7 Å². The molecule has 102 valence electrons. The number of aromatic nitrogens is 3. The zero-order valence-corrected chi connectivity index (χ0v) is 11.7. The number of hydrogen-bond acceptors (Lipinski definition) is 3. The van der Waals surface area contributed by atoms with E-state index in [1.54, 1.807) is 30.2 Å². The van der Waals surface area contributed by atoms with E-state index in [9.17, 15) is 4.39 Å². The highest BCUT2D eigenvalue weighted by molar-refractivity contribution is 6.31. The second-order valence-electron chi connectivity index (χ2n) is 4.29. The van der Waals surface area contributed by atoms with Gasteiger partial charge in [0.1, 0.15) is 5.82 Å². The number of pyridine rings is 1. The molecule has 2 aromatic rings. The van der Waals surface area contributed by atoms with Crippen molar-refractivity contribution in [3.05, 3.63) is 46.8 Å². The Morgan fingerprint density at radius 3 is 2.84 bits per heavy atom. The number of nitrogens with one attached hydrogen (secondary N) is 1. The Morgan fingerprint density at radius 1 is 1.47 bits per heavy atom. The van der Waals surface area contributed by atoms with Gasteiger partial charge in [-0.2, -0.15) is 5.10 Å². The maximum atomic E-state index is 13.9. The summed E-state index contributed by atoms with van der Waals surface area (Å²) in [6.07, 6.45) is 5.29. The highest BCUT2D eigenvalue weighted by atomic mass is 35.5. The average molecular weight is 283 g/mol. The van der Waals surface area contributed by atoms with Crippen molar-refractivity contribution in [3.8, 4) is 0 Å². The molecule has 0 amide bonds. The largest absolute Gasteiger partial charge is 0.305 e. The number of nitrogens with zero attached hydrogens (tertiary/aromatic N) is 3. The van der Waals surface area contributed by atoms with Gasteiger partial charge >= 0.3 is 0 Å². The molecular weight excluding hydrogens is 267 g/mol. The van der Waals surface area contributed by atoms with Gasteiger partial charge in [-0.05, 0) is 19.0 Å². The third-order valence-electron chi connectivity index (χ3n) is 2.92. The smallest absolute Gasteiger partial charge is 0.146 e. The van der Waals surface area contributed by atoms with Crippen molar-refractivity contribution in [3.63, 3.8) is 0 Å². The predicted molar refractivity (Wildman–Crippen MR) is 72.5 cm³/mol. The van der Waals surface area contributed by atoms with Crippen LogP contribution in [0.5, 0.6) is 0 Å². The van der Waals surface area contributed by atoms with E-state index < -0.39 is 0 Å². The third-order valence-corrected chi connectivity index (χ3v) is 3.22. The van der Waals surface area contributed by atoms with E-state index in [0.29, 0.717) is 10.6 Å². The molecule has 0 saturated carbocycles. The van der Waals surface area contributed by atoms with Crippen LogP contribution in [0, 0.1) is 5.82 Å². The lowest BCUT2D eigenvalue weighted by atomic mass is 10.0. The zero-order chi connectivity index (χ0) is 13.8. The van der Waals surface area contributed by atoms with Crippen LogP contribution in [0.1, 0.15) is 30.6 Å². The molecule has 2 aromatic heterocycles. The van der Waals surface area contributed by atoms with Crippen molar-refractivity contribution < 1.29 is 4.39 Å². The van der Waals surface area contributed by atoms with Crippen molar-refractivity contribution in [2.45, 2.75) is 19.4 Å². The highest BCUT2D eigenvalue weighted by Gasteiger charge is 2.23. The number of rotatable bonds is 5. The minimum Gasteiger partial charge on any atom is -0.305 e. The fraction of sp³-hybridized carbons (Fsp3) is 0.385. The SMILES string of the molecule is CCCNC(c1ccncc1F)c1c(Cl)cnn1C. The van der Waals surface area contributed by atoms with Crippen LogP contribution in [-0.4, -0.2) is 21.3 Å². The molecule has 0 aliphatic carbocycles. The Morgan fingerprint density at radius 2 is 2.26 bits per heavy atom. The van der Waals surface area contributed by atoms with Crippen LogP contribution in [0.4, 0.5) is 4.39 Å². The predicted octanol–water partition coefficient (Wildman–Crippen LogP) is 2.70. The van der Waals surface area contributed by atoms with Gasteiger partial charge in [-0.25, -0.2) is 4.39 Å². The maximum absolute atomic E-state index is 13.9. The molecule has 0 aliphatic rings. The van der Waals surface area contributed by atoms with E-state index in [-0.39, 0.29) is 11.9 Å². The molecule has 19 heavy (non-hydrogen) atoms. The van der Waals surface area contributed by atoms with E-state index in [4.69, 9.17) is 11.6 Å². The lowest BCUT2D eigenvalue weighted by Gasteiger charge is -2.20. The molecular formula is C13H16ClFN4. The van der Waals surface area contributed by atoms with E-state index in [1.807, 2.05) is 0 Å².